The van der Waals surface area contributed by atoms with E-state index in [4.69, 9.17) is 4.43 Å². The van der Waals surface area contributed by atoms with Crippen LogP contribution in [0.15, 0.2) is 73.1 Å². The van der Waals surface area contributed by atoms with Crippen molar-refractivity contribution in [3.8, 4) is 0 Å². The third kappa shape index (κ3) is 7.14. The van der Waals surface area contributed by atoms with Crippen LogP contribution in [-0.4, -0.2) is 24.4 Å². The quantitative estimate of drug-likeness (QED) is 0.308. The van der Waals surface area contributed by atoms with Gasteiger partial charge in [-0.1, -0.05) is 63.2 Å². The second-order valence-corrected chi connectivity index (χ2v) is 16.7. The smallest absolute Gasteiger partial charge is 0.251 e. The van der Waals surface area contributed by atoms with Crippen molar-refractivity contribution in [1.82, 2.24) is 15.5 Å². The van der Waals surface area contributed by atoms with E-state index in [-0.39, 0.29) is 17.0 Å². The first-order chi connectivity index (χ1) is 17.6. The third-order valence-corrected chi connectivity index (χ3v) is 12.7. The Morgan fingerprint density at radius 3 is 2.38 bits per heavy atom. The van der Waals surface area contributed by atoms with Crippen LogP contribution in [-0.2, 0) is 17.4 Å². The first-order valence-electron chi connectivity index (χ1n) is 13.5. The predicted octanol–water partition coefficient (Wildman–Crippen LogP) is 7.13. The van der Waals surface area contributed by atoms with E-state index in [1.165, 1.54) is 30.4 Å². The molecule has 0 unspecified atom stereocenters. The van der Waals surface area contributed by atoms with Crippen molar-refractivity contribution in [2.75, 3.05) is 0 Å². The first-order valence-corrected chi connectivity index (χ1v) is 16.4. The highest BCUT2D eigenvalue weighted by Crippen LogP contribution is 2.47. The molecule has 1 amide bonds. The summed E-state index contributed by atoms with van der Waals surface area (Å²) in [6, 6.07) is 20.8. The summed E-state index contributed by atoms with van der Waals surface area (Å²) < 4.78 is 7.05. The van der Waals surface area contributed by atoms with E-state index >= 15 is 0 Å². The maximum Gasteiger partial charge on any atom is 0.251 e. The second kappa shape index (κ2) is 11.7. The fourth-order valence-corrected chi connectivity index (χ4v) is 6.30. The van der Waals surface area contributed by atoms with Crippen LogP contribution in [0.2, 0.25) is 18.1 Å². The molecule has 2 aromatic carbocycles. The van der Waals surface area contributed by atoms with Crippen LogP contribution < -0.4 is 5.32 Å². The number of amides is 1. The normalized spacial score (nSPS) is 18.9. The highest BCUT2D eigenvalue weighted by atomic mass is 28.4. The van der Waals surface area contributed by atoms with Crippen LogP contribution in [0.5, 0.6) is 0 Å². The molecule has 6 heteroatoms. The van der Waals surface area contributed by atoms with E-state index in [0.717, 1.165) is 12.0 Å². The van der Waals surface area contributed by atoms with Crippen molar-refractivity contribution in [3.63, 3.8) is 0 Å². The molecule has 1 fully saturated rings. The van der Waals surface area contributed by atoms with Crippen LogP contribution in [0.4, 0.5) is 0 Å². The SMILES string of the molecule is CC(C)(C)[Si](C)(C)O[C@H](c1ccccc1)[C@H]1CC[C@@H](Cc2ccc(C(=O)NCc3ccnnc3)cc2)C1. The summed E-state index contributed by atoms with van der Waals surface area (Å²) in [5.74, 6) is 1.10. The number of hydrogen-bond donors (Lipinski definition) is 1. The minimum atomic E-state index is -1.90. The van der Waals surface area contributed by atoms with Gasteiger partial charge in [0.2, 0.25) is 0 Å². The Labute approximate surface area is 223 Å². The van der Waals surface area contributed by atoms with Gasteiger partial charge in [-0.05, 0) is 90.5 Å². The summed E-state index contributed by atoms with van der Waals surface area (Å²) >= 11 is 0. The van der Waals surface area contributed by atoms with Crippen molar-refractivity contribution in [2.24, 2.45) is 11.8 Å². The molecule has 0 saturated heterocycles. The molecule has 4 rings (SSSR count). The lowest BCUT2D eigenvalue weighted by Crippen LogP contribution is -2.43. The number of nitrogens with zero attached hydrogens (tertiary/aromatic N) is 2. The van der Waals surface area contributed by atoms with Gasteiger partial charge in [0.05, 0.1) is 12.3 Å². The number of carbonyl (C=O) groups excluding carboxylic acids is 1. The highest BCUT2D eigenvalue weighted by Gasteiger charge is 2.42. The largest absolute Gasteiger partial charge is 0.410 e. The number of benzene rings is 2. The number of nitrogens with one attached hydrogen (secondary N) is 1. The molecule has 1 aliphatic carbocycles. The second-order valence-electron chi connectivity index (χ2n) is 12.0. The average molecular weight is 516 g/mol. The third-order valence-electron chi connectivity index (χ3n) is 8.20. The van der Waals surface area contributed by atoms with Crippen LogP contribution in [0, 0.1) is 11.8 Å². The Morgan fingerprint density at radius 1 is 1.00 bits per heavy atom. The van der Waals surface area contributed by atoms with E-state index in [2.05, 4.69) is 91.8 Å². The highest BCUT2D eigenvalue weighted by molar-refractivity contribution is 6.74. The van der Waals surface area contributed by atoms with E-state index in [0.29, 0.717) is 23.9 Å². The van der Waals surface area contributed by atoms with Crippen molar-refractivity contribution < 1.29 is 9.22 Å². The molecule has 0 spiro atoms. The lowest BCUT2D eigenvalue weighted by atomic mass is 9.91. The molecule has 1 saturated carbocycles. The van der Waals surface area contributed by atoms with Crippen LogP contribution in [0.3, 0.4) is 0 Å². The van der Waals surface area contributed by atoms with E-state index in [9.17, 15) is 4.79 Å². The van der Waals surface area contributed by atoms with Gasteiger partial charge in [-0.3, -0.25) is 4.79 Å². The fraction of sp³-hybridized carbons (Fsp3) is 0.452. The molecule has 1 aliphatic rings. The molecule has 1 heterocycles. The summed E-state index contributed by atoms with van der Waals surface area (Å²) in [7, 11) is -1.90. The van der Waals surface area contributed by atoms with Crippen LogP contribution >= 0.6 is 0 Å². The molecule has 0 radical (unpaired) electrons. The van der Waals surface area contributed by atoms with Gasteiger partial charge in [-0.2, -0.15) is 10.2 Å². The maximum absolute atomic E-state index is 12.6. The lowest BCUT2D eigenvalue weighted by molar-refractivity contribution is 0.0951. The predicted molar refractivity (Wildman–Crippen MR) is 152 cm³/mol. The van der Waals surface area contributed by atoms with Crippen molar-refractivity contribution >= 4 is 14.2 Å². The van der Waals surface area contributed by atoms with Crippen LogP contribution in [0.25, 0.3) is 0 Å². The van der Waals surface area contributed by atoms with Gasteiger partial charge in [0, 0.05) is 18.3 Å². The Kier molecular flexibility index (Phi) is 8.60. The van der Waals surface area contributed by atoms with Gasteiger partial charge in [0.25, 0.3) is 5.91 Å². The molecule has 5 nitrogen and oxygen atoms in total. The topological polar surface area (TPSA) is 64.1 Å². The van der Waals surface area contributed by atoms with Gasteiger partial charge in [0.15, 0.2) is 8.32 Å². The molecular weight excluding hydrogens is 474 g/mol. The summed E-state index contributed by atoms with van der Waals surface area (Å²) in [4.78, 5) is 12.6. The van der Waals surface area contributed by atoms with Crippen molar-refractivity contribution in [2.45, 2.75) is 77.2 Å². The molecule has 3 aromatic rings. The monoisotopic (exact) mass is 515 g/mol. The van der Waals surface area contributed by atoms with Crippen molar-refractivity contribution in [1.29, 1.82) is 0 Å². The Hall–Kier alpha value is -2.83. The molecule has 3 atom stereocenters. The molecule has 0 aliphatic heterocycles. The Balaban J connectivity index is 1.36. The Morgan fingerprint density at radius 2 is 1.73 bits per heavy atom. The van der Waals surface area contributed by atoms with Gasteiger partial charge in [0.1, 0.15) is 0 Å². The molecule has 1 aromatic heterocycles. The summed E-state index contributed by atoms with van der Waals surface area (Å²) in [6.45, 7) is 12.1. The van der Waals surface area contributed by atoms with Gasteiger partial charge < -0.3 is 9.74 Å². The fourth-order valence-electron chi connectivity index (χ4n) is 4.98. The number of rotatable bonds is 9. The minimum absolute atomic E-state index is 0.0715. The van der Waals surface area contributed by atoms with E-state index in [1.807, 2.05) is 18.2 Å². The Bertz CT molecular complexity index is 1140. The zero-order valence-corrected chi connectivity index (χ0v) is 23.9. The molecule has 1 N–H and O–H groups in total. The first kappa shape index (κ1) is 27.2. The van der Waals surface area contributed by atoms with E-state index in [1.54, 1.807) is 12.4 Å². The van der Waals surface area contributed by atoms with E-state index < -0.39 is 8.32 Å². The average Bonchev–Trinajstić information content (AvgIpc) is 3.35. The molecule has 0 bridgehead atoms. The van der Waals surface area contributed by atoms with Crippen molar-refractivity contribution in [3.05, 3.63) is 95.3 Å². The van der Waals surface area contributed by atoms with Crippen LogP contribution in [0.1, 0.15) is 73.2 Å². The summed E-state index contributed by atoms with van der Waals surface area (Å²) in [6.07, 6.45) is 8.09. The van der Waals surface area contributed by atoms with Gasteiger partial charge in [-0.25, -0.2) is 0 Å². The molecular formula is C31H41N3O2Si. The lowest BCUT2D eigenvalue weighted by Gasteiger charge is -2.41. The van der Waals surface area contributed by atoms with Gasteiger partial charge >= 0.3 is 0 Å². The number of hydrogen-bond acceptors (Lipinski definition) is 4. The maximum atomic E-state index is 12.6. The minimum Gasteiger partial charge on any atom is -0.410 e. The van der Waals surface area contributed by atoms with Gasteiger partial charge in [-0.15, -0.1) is 0 Å². The zero-order valence-electron chi connectivity index (χ0n) is 22.9. The number of aromatic nitrogens is 2. The zero-order chi connectivity index (χ0) is 26.5. The summed E-state index contributed by atoms with van der Waals surface area (Å²) in [5.41, 5.74) is 4.22. The molecule has 37 heavy (non-hydrogen) atoms. The molecule has 196 valence electrons. The standard InChI is InChI=1S/C31H41N3O2Si/c1-31(2,3)37(4,5)36-29(26-9-7-6-8-10-26)28-16-13-24(20-28)19-23-11-14-27(15-12-23)30(35)32-21-25-17-18-33-34-22-25/h6-12,14-15,17-18,22,24,28-29H,13,16,19-21H2,1-5H3,(H,32,35)/t24-,28-,29+/m0/s1. The number of carbonyl (C=O) groups is 1. The summed E-state index contributed by atoms with van der Waals surface area (Å²) in [5, 5.41) is 10.8.